The number of aromatic nitrogens is 2. The quantitative estimate of drug-likeness (QED) is 0.552. The lowest BCUT2D eigenvalue weighted by atomic mass is 9.90. The van der Waals surface area contributed by atoms with Gasteiger partial charge in [-0.05, 0) is 61.1 Å². The Morgan fingerprint density at radius 3 is 2.63 bits per heavy atom. The predicted molar refractivity (Wildman–Crippen MR) is 134 cm³/mol. The average molecular weight is 475 g/mol. The van der Waals surface area contributed by atoms with Gasteiger partial charge < -0.3 is 29.5 Å². The molecule has 3 aliphatic rings. The molecule has 8 nitrogen and oxygen atoms in total. The van der Waals surface area contributed by atoms with Crippen LogP contribution in [0.2, 0.25) is 0 Å². The molecule has 0 spiro atoms. The van der Waals surface area contributed by atoms with E-state index in [2.05, 4.69) is 33.4 Å². The van der Waals surface area contributed by atoms with E-state index in [4.69, 9.17) is 19.2 Å². The van der Waals surface area contributed by atoms with Crippen LogP contribution in [0.3, 0.4) is 0 Å². The van der Waals surface area contributed by atoms with Crippen molar-refractivity contribution in [3.63, 3.8) is 0 Å². The van der Waals surface area contributed by atoms with Crippen LogP contribution in [0, 0.1) is 0 Å². The zero-order valence-corrected chi connectivity index (χ0v) is 19.7. The standard InChI is InChI=1S/C27H30N4O4/c32-21-7-9-31(10-8-21)24-6-4-20-15-25(24)35-14-12-33-11-13-34-22-5-3-18-1-2-19-17-28-27(29-20)30-26(19)23(18)16-22/h3-6,15-17,21,32H,1-2,7-14H2,(H,28,29,30). The van der Waals surface area contributed by atoms with Gasteiger partial charge in [-0.15, -0.1) is 0 Å². The Kier molecular flexibility index (Phi) is 6.14. The molecule has 1 fully saturated rings. The second kappa shape index (κ2) is 9.71. The van der Waals surface area contributed by atoms with Gasteiger partial charge in [-0.1, -0.05) is 6.07 Å². The molecule has 2 aromatic carbocycles. The van der Waals surface area contributed by atoms with Crippen molar-refractivity contribution in [1.82, 2.24) is 9.97 Å². The first-order chi connectivity index (χ1) is 17.2. The number of piperidine rings is 1. The van der Waals surface area contributed by atoms with Crippen molar-refractivity contribution in [2.75, 3.05) is 49.7 Å². The fraction of sp³-hybridized carbons (Fsp3) is 0.407. The number of aliphatic hydroxyl groups excluding tert-OH is 1. The van der Waals surface area contributed by atoms with Gasteiger partial charge in [0.05, 0.1) is 30.7 Å². The van der Waals surface area contributed by atoms with Crippen molar-refractivity contribution in [3.8, 4) is 22.8 Å². The second-order valence-corrected chi connectivity index (χ2v) is 9.22. The summed E-state index contributed by atoms with van der Waals surface area (Å²) in [6.07, 6.45) is 5.11. The third-order valence-electron chi connectivity index (χ3n) is 6.87. The molecule has 0 amide bonds. The Morgan fingerprint density at radius 1 is 0.914 bits per heavy atom. The minimum absolute atomic E-state index is 0.225. The fourth-order valence-electron chi connectivity index (χ4n) is 4.97. The van der Waals surface area contributed by atoms with E-state index in [1.165, 1.54) is 5.56 Å². The van der Waals surface area contributed by atoms with Gasteiger partial charge in [0.25, 0.3) is 0 Å². The smallest absolute Gasteiger partial charge is 0.227 e. The molecule has 6 rings (SSSR count). The lowest BCUT2D eigenvalue weighted by molar-refractivity contribution is 0.0765. The van der Waals surface area contributed by atoms with Crippen LogP contribution in [0.25, 0.3) is 11.3 Å². The molecule has 8 heteroatoms. The van der Waals surface area contributed by atoms with E-state index in [9.17, 15) is 5.11 Å². The van der Waals surface area contributed by atoms with Crippen LogP contribution in [-0.4, -0.2) is 60.7 Å². The maximum absolute atomic E-state index is 9.92. The summed E-state index contributed by atoms with van der Waals surface area (Å²) in [5.41, 5.74) is 6.36. The van der Waals surface area contributed by atoms with Crippen LogP contribution in [0.4, 0.5) is 17.3 Å². The number of anilines is 3. The van der Waals surface area contributed by atoms with Crippen LogP contribution >= 0.6 is 0 Å². The summed E-state index contributed by atoms with van der Waals surface area (Å²) < 4.78 is 17.9. The molecular formula is C27H30N4O4. The minimum atomic E-state index is -0.225. The molecule has 1 aliphatic carbocycles. The molecule has 3 heterocycles. The predicted octanol–water partition coefficient (Wildman–Crippen LogP) is 3.73. The second-order valence-electron chi connectivity index (χ2n) is 9.22. The van der Waals surface area contributed by atoms with Gasteiger partial charge in [-0.3, -0.25) is 0 Å². The van der Waals surface area contributed by atoms with Crippen LogP contribution in [0.5, 0.6) is 11.5 Å². The Hall–Kier alpha value is -3.36. The lowest BCUT2D eigenvalue weighted by Gasteiger charge is -2.32. The van der Waals surface area contributed by atoms with E-state index in [-0.39, 0.29) is 6.10 Å². The molecule has 3 aromatic rings. The Balaban J connectivity index is 1.35. The molecule has 2 aliphatic heterocycles. The number of ether oxygens (including phenoxy) is 3. The molecule has 0 saturated carbocycles. The summed E-state index contributed by atoms with van der Waals surface area (Å²) in [5.74, 6) is 2.15. The first-order valence-electron chi connectivity index (χ1n) is 12.4. The van der Waals surface area contributed by atoms with Gasteiger partial charge in [-0.25, -0.2) is 9.97 Å². The van der Waals surface area contributed by atoms with Gasteiger partial charge in [0.2, 0.25) is 5.95 Å². The molecule has 35 heavy (non-hydrogen) atoms. The fourth-order valence-corrected chi connectivity index (χ4v) is 4.97. The highest BCUT2D eigenvalue weighted by Gasteiger charge is 2.22. The molecular weight excluding hydrogens is 444 g/mol. The van der Waals surface area contributed by atoms with E-state index >= 15 is 0 Å². The Morgan fingerprint density at radius 2 is 1.74 bits per heavy atom. The zero-order valence-electron chi connectivity index (χ0n) is 19.7. The average Bonchev–Trinajstić information content (AvgIpc) is 2.88. The summed E-state index contributed by atoms with van der Waals surface area (Å²) in [6, 6.07) is 12.3. The number of nitrogens with one attached hydrogen (secondary N) is 1. The van der Waals surface area contributed by atoms with Gasteiger partial charge in [-0.2, -0.15) is 0 Å². The summed E-state index contributed by atoms with van der Waals surface area (Å²) in [6.45, 7) is 3.46. The zero-order chi connectivity index (χ0) is 23.6. The number of rotatable bonds is 1. The van der Waals surface area contributed by atoms with Gasteiger partial charge >= 0.3 is 0 Å². The van der Waals surface area contributed by atoms with Crippen LogP contribution in [-0.2, 0) is 17.6 Å². The number of hydrogen-bond acceptors (Lipinski definition) is 8. The van der Waals surface area contributed by atoms with Crippen LogP contribution in [0.15, 0.2) is 42.6 Å². The number of hydrogen-bond donors (Lipinski definition) is 2. The number of nitrogens with zero attached hydrogens (tertiary/aromatic N) is 3. The van der Waals surface area contributed by atoms with Crippen molar-refractivity contribution in [1.29, 1.82) is 0 Å². The molecule has 182 valence electrons. The van der Waals surface area contributed by atoms with E-state index in [1.54, 1.807) is 0 Å². The minimum Gasteiger partial charge on any atom is -0.491 e. The van der Waals surface area contributed by atoms with E-state index in [0.29, 0.717) is 32.4 Å². The van der Waals surface area contributed by atoms with Crippen LogP contribution < -0.4 is 19.7 Å². The van der Waals surface area contributed by atoms with Gasteiger partial charge in [0.15, 0.2) is 0 Å². The Bertz CT molecular complexity index is 1210. The first kappa shape index (κ1) is 22.1. The summed E-state index contributed by atoms with van der Waals surface area (Å²) in [4.78, 5) is 11.8. The van der Waals surface area contributed by atoms with E-state index in [0.717, 1.165) is 78.5 Å². The summed E-state index contributed by atoms with van der Waals surface area (Å²) in [7, 11) is 0. The van der Waals surface area contributed by atoms with Crippen molar-refractivity contribution >= 4 is 17.3 Å². The third kappa shape index (κ3) is 4.76. The highest BCUT2D eigenvalue weighted by molar-refractivity contribution is 5.73. The highest BCUT2D eigenvalue weighted by atomic mass is 16.5. The SMILES string of the molecule is OC1CCN(c2ccc3cc2OCCOCCOc2ccc4c(c2)-c2nc(ncc2CC4)N3)CC1. The number of benzene rings is 2. The van der Waals surface area contributed by atoms with Crippen LogP contribution in [0.1, 0.15) is 24.0 Å². The lowest BCUT2D eigenvalue weighted by Crippen LogP contribution is -2.36. The molecule has 1 saturated heterocycles. The normalized spacial score (nSPS) is 18.3. The number of fused-ring (bicyclic) bond motifs is 4. The van der Waals surface area contributed by atoms with Crippen molar-refractivity contribution in [2.24, 2.45) is 0 Å². The molecule has 0 unspecified atom stereocenters. The molecule has 6 bridgehead atoms. The Labute approximate surface area is 204 Å². The molecule has 0 radical (unpaired) electrons. The largest absolute Gasteiger partial charge is 0.491 e. The third-order valence-corrected chi connectivity index (χ3v) is 6.87. The molecule has 1 aromatic heterocycles. The van der Waals surface area contributed by atoms with Crippen molar-refractivity contribution in [3.05, 3.63) is 53.7 Å². The van der Waals surface area contributed by atoms with Crippen molar-refractivity contribution < 1.29 is 19.3 Å². The summed E-state index contributed by atoms with van der Waals surface area (Å²) >= 11 is 0. The maximum Gasteiger partial charge on any atom is 0.227 e. The topological polar surface area (TPSA) is 89.0 Å². The van der Waals surface area contributed by atoms with Gasteiger partial charge in [0.1, 0.15) is 24.7 Å². The first-order valence-corrected chi connectivity index (χ1v) is 12.4. The molecule has 2 N–H and O–H groups in total. The van der Waals surface area contributed by atoms with Crippen molar-refractivity contribution in [2.45, 2.75) is 31.8 Å². The van der Waals surface area contributed by atoms with Gasteiger partial charge in [0, 0.05) is 36.6 Å². The number of aliphatic hydroxyl groups is 1. The van der Waals surface area contributed by atoms with E-state index < -0.39 is 0 Å². The van der Waals surface area contributed by atoms with E-state index in [1.807, 2.05) is 24.4 Å². The number of aryl methyl sites for hydroxylation is 2. The maximum atomic E-state index is 9.92. The molecule has 0 atom stereocenters. The summed E-state index contributed by atoms with van der Waals surface area (Å²) in [5, 5.41) is 13.3. The highest BCUT2D eigenvalue weighted by Crippen LogP contribution is 2.37. The monoisotopic (exact) mass is 474 g/mol.